The van der Waals surface area contributed by atoms with Gasteiger partial charge in [0.25, 0.3) is 0 Å². The van der Waals surface area contributed by atoms with E-state index in [1.165, 1.54) is 0 Å². The van der Waals surface area contributed by atoms with E-state index in [-0.39, 0.29) is 5.92 Å². The number of imidazole rings is 1. The number of nitrogens with zero attached hydrogens (tertiary/aromatic N) is 4. The first-order valence-electron chi connectivity index (χ1n) is 11.0. The summed E-state index contributed by atoms with van der Waals surface area (Å²) in [4.78, 5) is 24.4. The first-order chi connectivity index (χ1) is 14.4. The zero-order chi connectivity index (χ0) is 21.3. The molecule has 1 aromatic carbocycles. The van der Waals surface area contributed by atoms with Crippen LogP contribution < -0.4 is 0 Å². The van der Waals surface area contributed by atoms with Crippen LogP contribution >= 0.6 is 0 Å². The smallest absolute Gasteiger partial charge is 0.142 e. The minimum atomic E-state index is 0.176. The number of likely N-dealkylation sites (tertiary alicyclic amines) is 1. The summed E-state index contributed by atoms with van der Waals surface area (Å²) < 4.78 is 2.10. The number of hydrogen-bond donors (Lipinski definition) is 0. The molecule has 0 amide bonds. The Morgan fingerprint density at radius 3 is 2.53 bits per heavy atom. The average molecular weight is 405 g/mol. The van der Waals surface area contributed by atoms with Crippen molar-refractivity contribution in [1.29, 1.82) is 0 Å². The molecule has 30 heavy (non-hydrogen) atoms. The molecule has 158 valence electrons. The van der Waals surface area contributed by atoms with Gasteiger partial charge in [0.1, 0.15) is 11.6 Å². The number of aryl methyl sites for hydroxylation is 1. The van der Waals surface area contributed by atoms with Crippen LogP contribution in [0, 0.1) is 18.8 Å². The van der Waals surface area contributed by atoms with Gasteiger partial charge in [-0.05, 0) is 56.3 Å². The first kappa shape index (κ1) is 20.7. The number of benzene rings is 1. The van der Waals surface area contributed by atoms with Gasteiger partial charge in [0.2, 0.25) is 0 Å². The molecule has 0 saturated carbocycles. The SMILES string of the molecule is Cc1ncc(-c2ccc3cnc(CC(=O)C4CCN(CC(C)C)CC4)cc3c2)n1C. The number of piperidine rings is 1. The van der Waals surface area contributed by atoms with Gasteiger partial charge >= 0.3 is 0 Å². The van der Waals surface area contributed by atoms with Crippen LogP contribution in [-0.4, -0.2) is 44.9 Å². The molecule has 5 heteroatoms. The van der Waals surface area contributed by atoms with E-state index in [0.717, 1.165) is 66.0 Å². The Balaban J connectivity index is 1.47. The molecule has 1 aliphatic heterocycles. The lowest BCUT2D eigenvalue weighted by Gasteiger charge is -2.32. The Hall–Kier alpha value is -2.53. The number of aromatic nitrogens is 3. The van der Waals surface area contributed by atoms with Crippen LogP contribution in [0.3, 0.4) is 0 Å². The average Bonchev–Trinajstić information content (AvgIpc) is 3.06. The lowest BCUT2D eigenvalue weighted by Crippen LogP contribution is -2.38. The summed E-state index contributed by atoms with van der Waals surface area (Å²) in [6.07, 6.45) is 6.18. The summed E-state index contributed by atoms with van der Waals surface area (Å²) in [7, 11) is 2.03. The van der Waals surface area contributed by atoms with Gasteiger partial charge in [-0.3, -0.25) is 9.78 Å². The third-order valence-electron chi connectivity index (χ3n) is 6.32. The number of Topliss-reactive ketones (excluding diaryl/α,β-unsaturated/α-hetero) is 1. The van der Waals surface area contributed by atoms with Gasteiger partial charge in [-0.15, -0.1) is 0 Å². The van der Waals surface area contributed by atoms with Crippen LogP contribution in [0.1, 0.15) is 38.2 Å². The highest BCUT2D eigenvalue weighted by molar-refractivity contribution is 5.88. The fourth-order valence-corrected chi connectivity index (χ4v) is 4.49. The Morgan fingerprint density at radius 1 is 1.10 bits per heavy atom. The molecular weight excluding hydrogens is 372 g/mol. The standard InChI is InChI=1S/C25H32N4O/c1-17(2)16-29-9-7-19(8-10-29)25(30)13-23-12-22-11-20(5-6-21(22)14-27-23)24-15-26-18(3)28(24)4/h5-6,11-12,14-15,17,19H,7-10,13,16H2,1-4H3. The van der Waals surface area contributed by atoms with Gasteiger partial charge in [-0.1, -0.05) is 26.0 Å². The van der Waals surface area contributed by atoms with E-state index in [1.54, 1.807) is 0 Å². The number of fused-ring (bicyclic) bond motifs is 1. The van der Waals surface area contributed by atoms with Crippen LogP contribution in [0.5, 0.6) is 0 Å². The van der Waals surface area contributed by atoms with Crippen LogP contribution in [-0.2, 0) is 18.3 Å². The molecule has 2 aromatic heterocycles. The highest BCUT2D eigenvalue weighted by atomic mass is 16.1. The molecular formula is C25H32N4O. The predicted molar refractivity (Wildman–Crippen MR) is 121 cm³/mol. The monoisotopic (exact) mass is 404 g/mol. The van der Waals surface area contributed by atoms with E-state index >= 15 is 0 Å². The summed E-state index contributed by atoms with van der Waals surface area (Å²) in [6, 6.07) is 8.45. The van der Waals surface area contributed by atoms with Crippen molar-refractivity contribution < 1.29 is 4.79 Å². The van der Waals surface area contributed by atoms with Crippen molar-refractivity contribution >= 4 is 16.6 Å². The van der Waals surface area contributed by atoms with Crippen molar-refractivity contribution in [3.05, 3.63) is 48.2 Å². The van der Waals surface area contributed by atoms with Gasteiger partial charge in [-0.25, -0.2) is 4.98 Å². The van der Waals surface area contributed by atoms with Crippen LogP contribution in [0.4, 0.5) is 0 Å². The van der Waals surface area contributed by atoms with E-state index in [2.05, 4.69) is 57.5 Å². The normalized spacial score (nSPS) is 15.9. The van der Waals surface area contributed by atoms with Gasteiger partial charge < -0.3 is 9.47 Å². The maximum atomic E-state index is 12.9. The fraction of sp³-hybridized carbons (Fsp3) is 0.480. The number of rotatable bonds is 6. The molecule has 0 N–H and O–H groups in total. The molecule has 1 fully saturated rings. The molecule has 1 saturated heterocycles. The lowest BCUT2D eigenvalue weighted by molar-refractivity contribution is -0.123. The topological polar surface area (TPSA) is 51.0 Å². The molecule has 5 nitrogen and oxygen atoms in total. The van der Waals surface area contributed by atoms with Crippen molar-refractivity contribution in [1.82, 2.24) is 19.4 Å². The molecule has 0 unspecified atom stereocenters. The van der Waals surface area contributed by atoms with Crippen molar-refractivity contribution in [3.63, 3.8) is 0 Å². The van der Waals surface area contributed by atoms with Crippen molar-refractivity contribution in [2.24, 2.45) is 18.9 Å². The second-order valence-electron chi connectivity index (χ2n) is 9.10. The maximum Gasteiger partial charge on any atom is 0.142 e. The van der Waals surface area contributed by atoms with E-state index in [4.69, 9.17) is 0 Å². The molecule has 0 atom stereocenters. The minimum absolute atomic E-state index is 0.176. The summed E-state index contributed by atoms with van der Waals surface area (Å²) in [5.41, 5.74) is 3.10. The summed E-state index contributed by atoms with van der Waals surface area (Å²) in [5.74, 6) is 2.18. The Kier molecular flexibility index (Phi) is 6.00. The van der Waals surface area contributed by atoms with Gasteiger partial charge in [0, 0.05) is 48.8 Å². The Bertz CT molecular complexity index is 1040. The zero-order valence-electron chi connectivity index (χ0n) is 18.6. The number of carbonyl (C=O) groups excluding carboxylic acids is 1. The lowest BCUT2D eigenvalue weighted by atomic mass is 9.89. The minimum Gasteiger partial charge on any atom is -0.331 e. The highest BCUT2D eigenvalue weighted by Gasteiger charge is 2.25. The van der Waals surface area contributed by atoms with Crippen molar-refractivity contribution in [2.45, 2.75) is 40.0 Å². The Labute approximate surface area is 179 Å². The van der Waals surface area contributed by atoms with E-state index in [9.17, 15) is 4.79 Å². The first-order valence-corrected chi connectivity index (χ1v) is 11.0. The molecule has 4 rings (SSSR count). The number of hydrogen-bond acceptors (Lipinski definition) is 4. The molecule has 1 aliphatic rings. The third-order valence-corrected chi connectivity index (χ3v) is 6.32. The molecule has 0 spiro atoms. The van der Waals surface area contributed by atoms with Crippen molar-refractivity contribution in [3.8, 4) is 11.3 Å². The molecule has 3 aromatic rings. The van der Waals surface area contributed by atoms with E-state index in [0.29, 0.717) is 18.1 Å². The molecule has 0 radical (unpaired) electrons. The second kappa shape index (κ2) is 8.68. The van der Waals surface area contributed by atoms with Gasteiger partial charge in [-0.2, -0.15) is 0 Å². The van der Waals surface area contributed by atoms with E-state index in [1.807, 2.05) is 26.4 Å². The number of ketones is 1. The van der Waals surface area contributed by atoms with Crippen LogP contribution in [0.2, 0.25) is 0 Å². The van der Waals surface area contributed by atoms with Crippen LogP contribution in [0.15, 0.2) is 36.7 Å². The largest absolute Gasteiger partial charge is 0.331 e. The van der Waals surface area contributed by atoms with Gasteiger partial charge in [0.05, 0.1) is 11.9 Å². The fourth-order valence-electron chi connectivity index (χ4n) is 4.49. The maximum absolute atomic E-state index is 12.9. The summed E-state index contributed by atoms with van der Waals surface area (Å²) >= 11 is 0. The quantitative estimate of drug-likeness (QED) is 0.610. The third kappa shape index (κ3) is 4.46. The second-order valence-corrected chi connectivity index (χ2v) is 9.10. The number of carbonyl (C=O) groups is 1. The molecule has 0 aliphatic carbocycles. The highest BCUT2D eigenvalue weighted by Crippen LogP contribution is 2.26. The van der Waals surface area contributed by atoms with Gasteiger partial charge in [0.15, 0.2) is 0 Å². The summed E-state index contributed by atoms with van der Waals surface area (Å²) in [5, 5.41) is 2.21. The number of pyridine rings is 1. The molecule has 3 heterocycles. The van der Waals surface area contributed by atoms with E-state index < -0.39 is 0 Å². The summed E-state index contributed by atoms with van der Waals surface area (Å²) in [6.45, 7) is 9.71. The Morgan fingerprint density at radius 2 is 1.87 bits per heavy atom. The van der Waals surface area contributed by atoms with Crippen molar-refractivity contribution in [2.75, 3.05) is 19.6 Å². The predicted octanol–water partition coefficient (Wildman–Crippen LogP) is 4.42. The molecule has 0 bridgehead atoms. The van der Waals surface area contributed by atoms with Crippen LogP contribution in [0.25, 0.3) is 22.0 Å². The zero-order valence-corrected chi connectivity index (χ0v) is 18.6.